The lowest BCUT2D eigenvalue weighted by Crippen LogP contribution is -2.28. The van der Waals surface area contributed by atoms with Crippen molar-refractivity contribution in [2.45, 2.75) is 46.3 Å². The Morgan fingerprint density at radius 2 is 2.12 bits per heavy atom. The molecule has 0 radical (unpaired) electrons. The third kappa shape index (κ3) is 4.79. The van der Waals surface area contributed by atoms with E-state index < -0.39 is 0 Å². The number of hydrogen-bond acceptors (Lipinski definition) is 6. The van der Waals surface area contributed by atoms with Gasteiger partial charge in [-0.25, -0.2) is 4.98 Å². The molecule has 0 unspecified atom stereocenters. The SMILES string of the molecule is C=Cc1ncc(C(=O)N[C@@H]2CCc3cc(-c4cc(COC(C)=O)on4)ccc32)n1C=C(C)C. The number of nitrogens with zero attached hydrogens (tertiary/aromatic N) is 3. The van der Waals surface area contributed by atoms with E-state index in [-0.39, 0.29) is 24.5 Å². The fourth-order valence-electron chi connectivity index (χ4n) is 3.94. The number of ether oxygens (including phenoxy) is 1. The van der Waals surface area contributed by atoms with Gasteiger partial charge in [0.2, 0.25) is 0 Å². The van der Waals surface area contributed by atoms with Gasteiger partial charge in [0.25, 0.3) is 5.91 Å². The summed E-state index contributed by atoms with van der Waals surface area (Å²) in [5.41, 5.74) is 5.36. The Labute approximate surface area is 191 Å². The van der Waals surface area contributed by atoms with Gasteiger partial charge in [0.15, 0.2) is 12.4 Å². The first-order valence-corrected chi connectivity index (χ1v) is 10.7. The standard InChI is InChI=1S/C25H26N4O4/c1-5-24-26-12-23(29(24)13-15(2)3)25(31)27-21-9-7-17-10-18(6-8-20(17)21)22-11-19(33-28-22)14-32-16(4)30/h5-6,8,10-13,21H,1,7,9,14H2,2-4H3,(H,27,31)/t21-/m1/s1. The van der Waals surface area contributed by atoms with Gasteiger partial charge in [-0.05, 0) is 50.0 Å². The highest BCUT2D eigenvalue weighted by Gasteiger charge is 2.26. The average Bonchev–Trinajstić information content (AvgIpc) is 3.50. The summed E-state index contributed by atoms with van der Waals surface area (Å²) < 4.78 is 12.0. The zero-order valence-electron chi connectivity index (χ0n) is 18.9. The smallest absolute Gasteiger partial charge is 0.303 e. The van der Waals surface area contributed by atoms with E-state index in [0.717, 1.165) is 35.1 Å². The number of carbonyl (C=O) groups excluding carboxylic acids is 2. The highest BCUT2D eigenvalue weighted by Crippen LogP contribution is 2.34. The number of rotatable bonds is 7. The lowest BCUT2D eigenvalue weighted by Gasteiger charge is -2.15. The second kappa shape index (κ2) is 9.28. The maximum Gasteiger partial charge on any atom is 0.303 e. The van der Waals surface area contributed by atoms with Crippen LogP contribution in [-0.4, -0.2) is 26.6 Å². The summed E-state index contributed by atoms with van der Waals surface area (Å²) in [5, 5.41) is 7.23. The van der Waals surface area contributed by atoms with Crippen LogP contribution in [0.4, 0.5) is 0 Å². The summed E-state index contributed by atoms with van der Waals surface area (Å²) in [6.45, 7) is 9.11. The second-order valence-electron chi connectivity index (χ2n) is 8.22. The fourth-order valence-corrected chi connectivity index (χ4v) is 3.94. The monoisotopic (exact) mass is 446 g/mol. The van der Waals surface area contributed by atoms with E-state index in [9.17, 15) is 9.59 Å². The molecule has 3 aromatic rings. The molecule has 1 aliphatic rings. The molecular weight excluding hydrogens is 420 g/mol. The zero-order valence-corrected chi connectivity index (χ0v) is 18.9. The lowest BCUT2D eigenvalue weighted by molar-refractivity contribution is -0.142. The minimum Gasteiger partial charge on any atom is -0.458 e. The van der Waals surface area contributed by atoms with E-state index >= 15 is 0 Å². The van der Waals surface area contributed by atoms with Gasteiger partial charge in [0.05, 0.1) is 12.2 Å². The Kier molecular flexibility index (Phi) is 6.26. The molecule has 8 heteroatoms. The molecular formula is C25H26N4O4. The van der Waals surface area contributed by atoms with Crippen LogP contribution in [0.15, 0.2) is 47.1 Å². The van der Waals surface area contributed by atoms with Crippen LogP contribution in [0.1, 0.15) is 66.4 Å². The van der Waals surface area contributed by atoms with E-state index in [1.165, 1.54) is 6.92 Å². The third-order valence-corrected chi connectivity index (χ3v) is 5.43. The number of hydrogen-bond donors (Lipinski definition) is 1. The molecule has 33 heavy (non-hydrogen) atoms. The first-order chi connectivity index (χ1) is 15.9. The van der Waals surface area contributed by atoms with Crippen molar-refractivity contribution in [2.24, 2.45) is 0 Å². The molecule has 8 nitrogen and oxygen atoms in total. The molecule has 1 aliphatic carbocycles. The molecule has 1 atom stereocenters. The summed E-state index contributed by atoms with van der Waals surface area (Å²) in [7, 11) is 0. The summed E-state index contributed by atoms with van der Waals surface area (Å²) in [6.07, 6.45) is 6.73. The van der Waals surface area contributed by atoms with E-state index in [2.05, 4.69) is 28.1 Å². The Morgan fingerprint density at radius 1 is 1.30 bits per heavy atom. The normalized spacial score (nSPS) is 14.5. The van der Waals surface area contributed by atoms with Crippen molar-refractivity contribution in [3.63, 3.8) is 0 Å². The molecule has 2 aromatic heterocycles. The largest absolute Gasteiger partial charge is 0.458 e. The van der Waals surface area contributed by atoms with Crippen molar-refractivity contribution in [1.82, 2.24) is 20.0 Å². The molecule has 1 N–H and O–H groups in total. The van der Waals surface area contributed by atoms with Gasteiger partial charge in [-0.1, -0.05) is 29.4 Å². The fraction of sp³-hybridized carbons (Fsp3) is 0.280. The van der Waals surface area contributed by atoms with Gasteiger partial charge in [-0.3, -0.25) is 14.2 Å². The summed E-state index contributed by atoms with van der Waals surface area (Å²) in [4.78, 5) is 28.3. The number of aryl methyl sites for hydroxylation is 1. The molecule has 4 rings (SSSR count). The van der Waals surface area contributed by atoms with Crippen LogP contribution >= 0.6 is 0 Å². The number of esters is 1. The van der Waals surface area contributed by atoms with Crippen molar-refractivity contribution in [3.8, 4) is 11.3 Å². The second-order valence-corrected chi connectivity index (χ2v) is 8.22. The van der Waals surface area contributed by atoms with Crippen molar-refractivity contribution < 1.29 is 18.8 Å². The number of benzene rings is 1. The average molecular weight is 447 g/mol. The Hall–Kier alpha value is -3.94. The van der Waals surface area contributed by atoms with E-state index in [1.807, 2.05) is 32.2 Å². The Bertz CT molecular complexity index is 1250. The molecule has 170 valence electrons. The summed E-state index contributed by atoms with van der Waals surface area (Å²) in [6, 6.07) is 7.73. The van der Waals surface area contributed by atoms with Gasteiger partial charge in [-0.15, -0.1) is 0 Å². The number of fused-ring (bicyclic) bond motifs is 1. The number of aromatic nitrogens is 3. The third-order valence-electron chi connectivity index (χ3n) is 5.43. The summed E-state index contributed by atoms with van der Waals surface area (Å²) >= 11 is 0. The zero-order chi connectivity index (χ0) is 23.5. The predicted molar refractivity (Wildman–Crippen MR) is 124 cm³/mol. The maximum atomic E-state index is 13.0. The van der Waals surface area contributed by atoms with Crippen LogP contribution in [0.3, 0.4) is 0 Å². The Morgan fingerprint density at radius 3 is 2.85 bits per heavy atom. The molecule has 0 fully saturated rings. The maximum absolute atomic E-state index is 13.0. The minimum absolute atomic E-state index is 0.0538. The van der Waals surface area contributed by atoms with Crippen LogP contribution in [0.25, 0.3) is 23.5 Å². The van der Waals surface area contributed by atoms with Crippen molar-refractivity contribution in [1.29, 1.82) is 0 Å². The van der Waals surface area contributed by atoms with E-state index in [0.29, 0.717) is 23.0 Å². The highest BCUT2D eigenvalue weighted by atomic mass is 16.5. The number of imidazole rings is 1. The highest BCUT2D eigenvalue weighted by molar-refractivity contribution is 5.94. The molecule has 0 bridgehead atoms. The molecule has 2 heterocycles. The van der Waals surface area contributed by atoms with Gasteiger partial charge in [-0.2, -0.15) is 0 Å². The minimum atomic E-state index is -0.372. The summed E-state index contributed by atoms with van der Waals surface area (Å²) in [5.74, 6) is 0.557. The number of amides is 1. The Balaban J connectivity index is 1.51. The first kappa shape index (κ1) is 22.3. The molecule has 0 spiro atoms. The van der Waals surface area contributed by atoms with Crippen molar-refractivity contribution >= 4 is 24.2 Å². The van der Waals surface area contributed by atoms with E-state index in [1.54, 1.807) is 22.9 Å². The predicted octanol–water partition coefficient (Wildman–Crippen LogP) is 4.54. The van der Waals surface area contributed by atoms with Crippen LogP contribution in [0.2, 0.25) is 0 Å². The molecule has 0 aliphatic heterocycles. The molecule has 0 saturated carbocycles. The van der Waals surface area contributed by atoms with Crippen LogP contribution in [0.5, 0.6) is 0 Å². The van der Waals surface area contributed by atoms with Crippen molar-refractivity contribution in [2.75, 3.05) is 0 Å². The van der Waals surface area contributed by atoms with Crippen LogP contribution < -0.4 is 5.32 Å². The van der Waals surface area contributed by atoms with Gasteiger partial charge in [0, 0.05) is 24.8 Å². The first-order valence-electron chi connectivity index (χ1n) is 10.7. The molecule has 1 amide bonds. The van der Waals surface area contributed by atoms with Gasteiger partial charge >= 0.3 is 5.97 Å². The van der Waals surface area contributed by atoms with Crippen LogP contribution in [0, 0.1) is 0 Å². The number of allylic oxidation sites excluding steroid dienone is 1. The topological polar surface area (TPSA) is 99.2 Å². The molecule has 1 aromatic carbocycles. The van der Waals surface area contributed by atoms with Crippen LogP contribution in [-0.2, 0) is 22.6 Å². The van der Waals surface area contributed by atoms with Crippen molar-refractivity contribution in [3.05, 3.63) is 71.0 Å². The number of nitrogens with one attached hydrogen (secondary N) is 1. The molecule has 0 saturated heterocycles. The van der Waals surface area contributed by atoms with E-state index in [4.69, 9.17) is 9.26 Å². The lowest BCUT2D eigenvalue weighted by atomic mass is 10.0. The number of carbonyl (C=O) groups is 2. The quantitative estimate of drug-likeness (QED) is 0.535. The van der Waals surface area contributed by atoms with Gasteiger partial charge < -0.3 is 14.6 Å². The van der Waals surface area contributed by atoms with Gasteiger partial charge in [0.1, 0.15) is 17.2 Å².